The van der Waals surface area contributed by atoms with E-state index in [1.807, 2.05) is 12.1 Å². The Morgan fingerprint density at radius 3 is 2.21 bits per heavy atom. The van der Waals surface area contributed by atoms with Gasteiger partial charge in [-0.3, -0.25) is 14.4 Å². The van der Waals surface area contributed by atoms with Crippen LogP contribution in [0.4, 0.5) is 0 Å². The lowest BCUT2D eigenvalue weighted by Crippen LogP contribution is -2.62. The van der Waals surface area contributed by atoms with E-state index in [-0.39, 0.29) is 24.5 Å². The number of nitrogens with one attached hydrogen (secondary N) is 1. The number of amides is 3. The van der Waals surface area contributed by atoms with E-state index in [1.54, 1.807) is 33.9 Å². The molecule has 242 valence electrons. The van der Waals surface area contributed by atoms with Crippen molar-refractivity contribution in [3.05, 3.63) is 86.2 Å². The smallest absolute Gasteiger partial charge is 0.366 e. The third-order valence-corrected chi connectivity index (χ3v) is 11.6. The Bertz CT molecular complexity index is 1870. The normalized spacial score (nSPS) is 26.0. The van der Waals surface area contributed by atoms with Gasteiger partial charge in [0.15, 0.2) is 5.82 Å². The highest BCUT2D eigenvalue weighted by molar-refractivity contribution is 5.94. The van der Waals surface area contributed by atoms with Crippen molar-refractivity contribution >= 4 is 17.7 Å². The second-order valence-electron chi connectivity index (χ2n) is 14.0. The average Bonchev–Trinajstić information content (AvgIpc) is 3.59. The molecule has 47 heavy (non-hydrogen) atoms. The maximum absolute atomic E-state index is 13.8. The fourth-order valence-electron chi connectivity index (χ4n) is 9.40. The van der Waals surface area contributed by atoms with Gasteiger partial charge in [-0.05, 0) is 97.4 Å². The Morgan fingerprint density at radius 1 is 0.979 bits per heavy atom. The lowest BCUT2D eigenvalue weighted by atomic mass is 9.60. The number of nitriles is 1. The number of hydrogen-bond acceptors (Lipinski definition) is 8. The van der Waals surface area contributed by atoms with Crippen molar-refractivity contribution in [2.24, 2.45) is 17.4 Å². The van der Waals surface area contributed by atoms with Crippen LogP contribution >= 0.6 is 0 Å². The summed E-state index contributed by atoms with van der Waals surface area (Å²) < 4.78 is 7.77. The Labute approximate surface area is 271 Å². The molecule has 5 aliphatic rings. The largest absolute Gasteiger partial charge is 0.459 e. The number of carbonyl (C=O) groups is 3. The van der Waals surface area contributed by atoms with Crippen LogP contribution in [0.2, 0.25) is 0 Å². The Kier molecular flexibility index (Phi) is 6.70. The molecule has 12 heteroatoms. The number of nitrogens with two attached hydrogens (primary N) is 2. The standard InChI is InChI=1S/C35H37N7O5/c36-17-24-14-23-15-27(23)41(24)29(43)18-39-28-16-35(32-40-33(46)47-42(32)34(28)10-2-1-3-11-34)25-8-6-21(30(37)44)12-19(25)4-5-20-13-22(31(38)45)7-9-26(20)35/h6-9,12-13,23-24,27-28,39H,1-5,10-11,14-16,18H2,(H2,37,44)(H2,38,45)/t23-,24?,27+,28+/m1/s1. The molecular weight excluding hydrogens is 598 g/mol. The summed E-state index contributed by atoms with van der Waals surface area (Å²) in [6.45, 7) is 0.0408. The van der Waals surface area contributed by atoms with Crippen molar-refractivity contribution in [2.75, 3.05) is 6.54 Å². The summed E-state index contributed by atoms with van der Waals surface area (Å²) in [5.41, 5.74) is 14.0. The molecule has 3 aliphatic carbocycles. The minimum absolute atomic E-state index is 0.0408. The minimum Gasteiger partial charge on any atom is -0.366 e. The molecule has 4 atom stereocenters. The lowest BCUT2D eigenvalue weighted by Gasteiger charge is -2.52. The lowest BCUT2D eigenvalue weighted by molar-refractivity contribution is -0.131. The monoisotopic (exact) mass is 635 g/mol. The van der Waals surface area contributed by atoms with Crippen LogP contribution in [0.5, 0.6) is 0 Å². The van der Waals surface area contributed by atoms with Gasteiger partial charge in [0.25, 0.3) is 0 Å². The predicted molar refractivity (Wildman–Crippen MR) is 168 cm³/mol. The summed E-state index contributed by atoms with van der Waals surface area (Å²) in [6, 6.07) is 12.5. The number of rotatable bonds is 5. The third kappa shape index (κ3) is 4.39. The molecule has 12 nitrogen and oxygen atoms in total. The number of carbonyl (C=O) groups excluding carboxylic acids is 3. The van der Waals surface area contributed by atoms with Crippen LogP contribution in [0.15, 0.2) is 45.7 Å². The van der Waals surface area contributed by atoms with Gasteiger partial charge < -0.3 is 26.2 Å². The maximum atomic E-state index is 13.8. The van der Waals surface area contributed by atoms with Crippen LogP contribution in [-0.2, 0) is 28.6 Å². The SMILES string of the molecule is N#CC1C[C@@H]2C[C@@H]2N1C(=O)CN[C@H]1CC2(c3ccc(C(N)=O)cc3CCc3cc(C(N)=O)ccc32)c2nc(=O)on2C12CCCCC2. The van der Waals surface area contributed by atoms with E-state index in [9.17, 15) is 24.4 Å². The molecule has 1 aromatic heterocycles. The number of benzene rings is 2. The number of piperidine rings is 1. The summed E-state index contributed by atoms with van der Waals surface area (Å²) in [6.07, 6.45) is 7.55. The zero-order chi connectivity index (χ0) is 32.7. The van der Waals surface area contributed by atoms with Gasteiger partial charge in [-0.2, -0.15) is 15.0 Å². The van der Waals surface area contributed by atoms with Crippen molar-refractivity contribution in [3.8, 4) is 6.07 Å². The summed E-state index contributed by atoms with van der Waals surface area (Å²) in [4.78, 5) is 57.9. The molecule has 1 saturated heterocycles. The van der Waals surface area contributed by atoms with Crippen molar-refractivity contribution in [1.29, 1.82) is 5.26 Å². The number of primary amides is 2. The summed E-state index contributed by atoms with van der Waals surface area (Å²) in [5.74, 6) is -1.01. The number of aryl methyl sites for hydroxylation is 2. The number of fused-ring (bicyclic) bond motifs is 8. The quantitative estimate of drug-likeness (QED) is 0.379. The van der Waals surface area contributed by atoms with Crippen LogP contribution in [0, 0.1) is 17.2 Å². The highest BCUT2D eigenvalue weighted by Crippen LogP contribution is 2.55. The van der Waals surface area contributed by atoms with E-state index in [0.717, 1.165) is 67.2 Å². The maximum Gasteiger partial charge on any atom is 0.459 e. The minimum atomic E-state index is -1.03. The molecule has 2 aliphatic heterocycles. The van der Waals surface area contributed by atoms with E-state index < -0.39 is 34.6 Å². The molecule has 1 unspecified atom stereocenters. The molecule has 3 heterocycles. The molecule has 8 rings (SSSR count). The molecule has 3 aromatic rings. The van der Waals surface area contributed by atoms with Gasteiger partial charge in [-0.15, -0.1) is 0 Å². The molecule has 2 saturated carbocycles. The van der Waals surface area contributed by atoms with E-state index >= 15 is 0 Å². The number of aromatic nitrogens is 2. The molecule has 2 spiro atoms. The van der Waals surface area contributed by atoms with Crippen molar-refractivity contribution in [1.82, 2.24) is 19.9 Å². The first-order valence-corrected chi connectivity index (χ1v) is 16.6. The first-order chi connectivity index (χ1) is 22.7. The second kappa shape index (κ2) is 10.6. The fourth-order valence-corrected chi connectivity index (χ4v) is 9.40. The van der Waals surface area contributed by atoms with Crippen LogP contribution in [-0.4, -0.2) is 57.0 Å². The summed E-state index contributed by atoms with van der Waals surface area (Å²) >= 11 is 0. The van der Waals surface area contributed by atoms with Crippen LogP contribution in [0.25, 0.3) is 0 Å². The van der Waals surface area contributed by atoms with Gasteiger partial charge in [0.2, 0.25) is 17.7 Å². The number of hydrogen-bond donors (Lipinski definition) is 3. The first-order valence-electron chi connectivity index (χ1n) is 16.6. The van der Waals surface area contributed by atoms with E-state index in [4.69, 9.17) is 16.0 Å². The molecule has 5 N–H and O–H groups in total. The van der Waals surface area contributed by atoms with Crippen LogP contribution in [0.1, 0.15) is 100 Å². The van der Waals surface area contributed by atoms with E-state index in [2.05, 4.69) is 16.4 Å². The van der Waals surface area contributed by atoms with Gasteiger partial charge in [-0.1, -0.05) is 31.4 Å². The molecule has 3 fully saturated rings. The van der Waals surface area contributed by atoms with Gasteiger partial charge in [0, 0.05) is 23.2 Å². The zero-order valence-electron chi connectivity index (χ0n) is 26.0. The number of likely N-dealkylation sites (tertiary alicyclic amines) is 1. The summed E-state index contributed by atoms with van der Waals surface area (Å²) in [5, 5.41) is 13.4. The summed E-state index contributed by atoms with van der Waals surface area (Å²) in [7, 11) is 0. The fraction of sp³-hybridized carbons (Fsp3) is 0.486. The highest BCUT2D eigenvalue weighted by Gasteiger charge is 2.59. The van der Waals surface area contributed by atoms with E-state index in [1.165, 1.54) is 0 Å². The first kappa shape index (κ1) is 29.6. The van der Waals surface area contributed by atoms with Crippen molar-refractivity contribution in [3.63, 3.8) is 0 Å². The van der Waals surface area contributed by atoms with Crippen molar-refractivity contribution in [2.45, 2.75) is 93.3 Å². The van der Waals surface area contributed by atoms with Crippen LogP contribution in [0.3, 0.4) is 0 Å². The highest BCUT2D eigenvalue weighted by atomic mass is 16.5. The van der Waals surface area contributed by atoms with Gasteiger partial charge in [-0.25, -0.2) is 4.79 Å². The Hall–Kier alpha value is -4.76. The topological polar surface area (TPSA) is 190 Å². The van der Waals surface area contributed by atoms with Crippen LogP contribution < -0.4 is 22.5 Å². The second-order valence-corrected chi connectivity index (χ2v) is 14.0. The van der Waals surface area contributed by atoms with Gasteiger partial charge in [0.05, 0.1) is 23.6 Å². The molecule has 2 aromatic carbocycles. The average molecular weight is 636 g/mol. The zero-order valence-corrected chi connectivity index (χ0v) is 26.0. The molecule has 0 bridgehead atoms. The molecular formula is C35H37N7O5. The molecule has 0 radical (unpaired) electrons. The Balaban J connectivity index is 1.32. The van der Waals surface area contributed by atoms with E-state index in [0.29, 0.717) is 42.1 Å². The third-order valence-electron chi connectivity index (χ3n) is 11.6. The number of nitrogens with zero attached hydrogens (tertiary/aromatic N) is 4. The van der Waals surface area contributed by atoms with Crippen molar-refractivity contribution < 1.29 is 18.9 Å². The predicted octanol–water partition coefficient (Wildman–Crippen LogP) is 2.00. The van der Waals surface area contributed by atoms with Gasteiger partial charge >= 0.3 is 5.76 Å². The Morgan fingerprint density at radius 2 is 1.62 bits per heavy atom. The van der Waals surface area contributed by atoms with Gasteiger partial charge in [0.1, 0.15) is 6.04 Å². The molecule has 3 amide bonds.